The number of carbonyl (C=O) groups is 1. The van der Waals surface area contributed by atoms with Crippen LogP contribution < -0.4 is 5.32 Å². The molecule has 7 nitrogen and oxygen atoms in total. The maximum atomic E-state index is 12.8. The van der Waals surface area contributed by atoms with Crippen molar-refractivity contribution in [2.75, 3.05) is 30.4 Å². The van der Waals surface area contributed by atoms with Gasteiger partial charge in [0.15, 0.2) is 15.0 Å². The van der Waals surface area contributed by atoms with E-state index in [0.29, 0.717) is 11.6 Å². The number of thioether (sulfide) groups is 1. The van der Waals surface area contributed by atoms with E-state index in [1.807, 2.05) is 31.2 Å². The minimum Gasteiger partial charge on any atom is -0.370 e. The Labute approximate surface area is 163 Å². The molecule has 146 valence electrons. The van der Waals surface area contributed by atoms with Crippen molar-refractivity contribution in [2.24, 2.45) is 0 Å². The molecule has 0 aliphatic carbocycles. The average Bonchev–Trinajstić information content (AvgIpc) is 3.00. The van der Waals surface area contributed by atoms with E-state index in [2.05, 4.69) is 15.3 Å². The number of fused-ring (bicyclic) bond motifs is 1. The number of para-hydroxylation sites is 1. The van der Waals surface area contributed by atoms with Crippen LogP contribution in [0.4, 0.5) is 5.82 Å². The smallest absolute Gasteiger partial charge is 0.235 e. The van der Waals surface area contributed by atoms with Crippen molar-refractivity contribution in [3.63, 3.8) is 0 Å². The zero-order chi connectivity index (χ0) is 19.6. The summed E-state index contributed by atoms with van der Waals surface area (Å²) in [6.07, 6.45) is 0.499. The lowest BCUT2D eigenvalue weighted by atomic mass is 10.2. The number of rotatable bonds is 6. The van der Waals surface area contributed by atoms with Gasteiger partial charge < -0.3 is 10.2 Å². The molecule has 1 saturated heterocycles. The first kappa shape index (κ1) is 19.9. The highest BCUT2D eigenvalue weighted by atomic mass is 32.2. The molecule has 0 radical (unpaired) electrons. The topological polar surface area (TPSA) is 92.3 Å². The van der Waals surface area contributed by atoms with Crippen molar-refractivity contribution in [3.8, 4) is 0 Å². The summed E-state index contributed by atoms with van der Waals surface area (Å²) < 4.78 is 23.4. The third-order valence-electron chi connectivity index (χ3n) is 4.66. The molecule has 1 aromatic carbocycles. The highest BCUT2D eigenvalue weighted by molar-refractivity contribution is 8.00. The van der Waals surface area contributed by atoms with Crippen LogP contribution in [0.3, 0.4) is 0 Å². The maximum Gasteiger partial charge on any atom is 0.235 e. The lowest BCUT2D eigenvalue weighted by molar-refractivity contribution is -0.130. The van der Waals surface area contributed by atoms with Crippen LogP contribution in [-0.2, 0) is 14.6 Å². The molecule has 27 heavy (non-hydrogen) atoms. The van der Waals surface area contributed by atoms with Crippen LogP contribution in [0, 0.1) is 0 Å². The van der Waals surface area contributed by atoms with Gasteiger partial charge in [0.1, 0.15) is 5.82 Å². The van der Waals surface area contributed by atoms with Gasteiger partial charge in [-0.05, 0) is 32.4 Å². The summed E-state index contributed by atoms with van der Waals surface area (Å²) >= 11 is 1.29. The first-order valence-corrected chi connectivity index (χ1v) is 11.6. The van der Waals surface area contributed by atoms with Crippen molar-refractivity contribution in [3.05, 3.63) is 24.3 Å². The van der Waals surface area contributed by atoms with Gasteiger partial charge in [0.25, 0.3) is 0 Å². The number of aromatic nitrogens is 2. The third kappa shape index (κ3) is 4.52. The lowest BCUT2D eigenvalue weighted by Crippen LogP contribution is -2.41. The van der Waals surface area contributed by atoms with E-state index >= 15 is 0 Å². The van der Waals surface area contributed by atoms with Crippen molar-refractivity contribution >= 4 is 44.2 Å². The van der Waals surface area contributed by atoms with Gasteiger partial charge in [-0.15, -0.1) is 0 Å². The van der Waals surface area contributed by atoms with Crippen molar-refractivity contribution in [2.45, 2.75) is 36.7 Å². The molecule has 1 fully saturated rings. The van der Waals surface area contributed by atoms with Gasteiger partial charge in [0, 0.05) is 25.0 Å². The molecule has 0 saturated carbocycles. The Morgan fingerprint density at radius 2 is 2.11 bits per heavy atom. The number of benzene rings is 1. The summed E-state index contributed by atoms with van der Waals surface area (Å²) in [4.78, 5) is 23.5. The summed E-state index contributed by atoms with van der Waals surface area (Å²) in [5, 5.41) is 4.30. The fraction of sp³-hybridized carbons (Fsp3) is 0.500. The maximum absolute atomic E-state index is 12.8. The monoisotopic (exact) mass is 408 g/mol. The Balaban J connectivity index is 1.77. The van der Waals surface area contributed by atoms with Crippen LogP contribution >= 0.6 is 11.8 Å². The molecule has 1 aromatic heterocycles. The second kappa shape index (κ2) is 8.02. The number of hydrogen-bond donors (Lipinski definition) is 1. The Morgan fingerprint density at radius 1 is 1.37 bits per heavy atom. The molecular weight excluding hydrogens is 384 g/mol. The molecule has 1 aliphatic rings. The van der Waals surface area contributed by atoms with Gasteiger partial charge in [-0.1, -0.05) is 23.9 Å². The summed E-state index contributed by atoms with van der Waals surface area (Å²) in [7, 11) is -1.35. The van der Waals surface area contributed by atoms with E-state index < -0.39 is 15.1 Å². The standard InChI is InChI=1S/C18H24N4O3S2/c1-4-19-16-14-7-5-6-8-15(14)20-18(21-16)26-12(2)17(23)22(3)13-9-10-27(24,25)11-13/h5-8,12-13H,4,9-11H2,1-3H3,(H,19,20,21)/t12-,13+/m1/s1. The number of sulfone groups is 1. The fourth-order valence-corrected chi connectivity index (χ4v) is 5.82. The van der Waals surface area contributed by atoms with Gasteiger partial charge >= 0.3 is 0 Å². The van der Waals surface area contributed by atoms with E-state index in [4.69, 9.17) is 0 Å². The normalized spacial score (nSPS) is 19.7. The van der Waals surface area contributed by atoms with E-state index in [-0.39, 0.29) is 23.5 Å². The zero-order valence-electron chi connectivity index (χ0n) is 15.7. The van der Waals surface area contributed by atoms with Crippen LogP contribution in [0.2, 0.25) is 0 Å². The predicted octanol–water partition coefficient (Wildman–Crippen LogP) is 2.19. The molecule has 0 unspecified atom stereocenters. The summed E-state index contributed by atoms with van der Waals surface area (Å²) in [6.45, 7) is 4.54. The number of carbonyl (C=O) groups excluding carboxylic acids is 1. The molecule has 0 bridgehead atoms. The van der Waals surface area contributed by atoms with E-state index in [9.17, 15) is 13.2 Å². The summed E-state index contributed by atoms with van der Waals surface area (Å²) in [5.74, 6) is 0.838. The number of hydrogen-bond acceptors (Lipinski definition) is 7. The highest BCUT2D eigenvalue weighted by Crippen LogP contribution is 2.28. The molecule has 9 heteroatoms. The first-order valence-electron chi connectivity index (χ1n) is 8.95. The Kier molecular flexibility index (Phi) is 5.90. The molecule has 2 heterocycles. The molecule has 3 rings (SSSR count). The van der Waals surface area contributed by atoms with Gasteiger partial charge in [0.2, 0.25) is 5.91 Å². The summed E-state index contributed by atoms with van der Waals surface area (Å²) in [6, 6.07) is 7.49. The molecule has 2 aromatic rings. The lowest BCUT2D eigenvalue weighted by Gasteiger charge is -2.26. The molecule has 1 aliphatic heterocycles. The van der Waals surface area contributed by atoms with Gasteiger partial charge in [-0.2, -0.15) is 0 Å². The van der Waals surface area contributed by atoms with E-state index in [1.165, 1.54) is 11.8 Å². The SMILES string of the molecule is CCNc1nc(S[C@H](C)C(=O)N(C)[C@H]2CCS(=O)(=O)C2)nc2ccccc12. The first-order chi connectivity index (χ1) is 12.8. The van der Waals surface area contributed by atoms with Crippen molar-refractivity contribution < 1.29 is 13.2 Å². The molecule has 2 atom stereocenters. The minimum absolute atomic E-state index is 0.0453. The van der Waals surface area contributed by atoms with Gasteiger partial charge in [-0.3, -0.25) is 4.79 Å². The van der Waals surface area contributed by atoms with Crippen LogP contribution in [0.1, 0.15) is 20.3 Å². The average molecular weight is 409 g/mol. The minimum atomic E-state index is -3.03. The Hall–Kier alpha value is -1.87. The van der Waals surface area contributed by atoms with Crippen molar-refractivity contribution in [1.82, 2.24) is 14.9 Å². The molecule has 1 amide bonds. The number of amides is 1. The van der Waals surface area contributed by atoms with Gasteiger partial charge in [-0.25, -0.2) is 18.4 Å². The molecule has 1 N–H and O–H groups in total. The largest absolute Gasteiger partial charge is 0.370 e. The zero-order valence-corrected chi connectivity index (χ0v) is 17.3. The number of anilines is 1. The number of nitrogens with one attached hydrogen (secondary N) is 1. The van der Waals surface area contributed by atoms with Crippen molar-refractivity contribution in [1.29, 1.82) is 0 Å². The fourth-order valence-electron chi connectivity index (χ4n) is 3.17. The second-order valence-corrected chi connectivity index (χ2v) is 10.2. The Morgan fingerprint density at radius 3 is 2.78 bits per heavy atom. The molecule has 0 spiro atoms. The van der Waals surface area contributed by atoms with E-state index in [0.717, 1.165) is 23.3 Å². The number of nitrogens with zero attached hydrogens (tertiary/aromatic N) is 3. The van der Waals surface area contributed by atoms with E-state index in [1.54, 1.807) is 18.9 Å². The van der Waals surface area contributed by atoms with Crippen LogP contribution in [0.25, 0.3) is 10.9 Å². The summed E-state index contributed by atoms with van der Waals surface area (Å²) in [5.41, 5.74) is 0.820. The van der Waals surface area contributed by atoms with Crippen LogP contribution in [-0.4, -0.2) is 65.6 Å². The third-order valence-corrected chi connectivity index (χ3v) is 7.36. The highest BCUT2D eigenvalue weighted by Gasteiger charge is 2.34. The Bertz CT molecular complexity index is 949. The second-order valence-electron chi connectivity index (χ2n) is 6.67. The van der Waals surface area contributed by atoms with Crippen LogP contribution in [0.5, 0.6) is 0 Å². The quantitative estimate of drug-likeness (QED) is 0.578. The van der Waals surface area contributed by atoms with Crippen LogP contribution in [0.15, 0.2) is 29.4 Å². The predicted molar refractivity (Wildman–Crippen MR) is 109 cm³/mol. The van der Waals surface area contributed by atoms with Gasteiger partial charge in [0.05, 0.1) is 22.3 Å². The molecular formula is C18H24N4O3S2.